The number of hydrogen-bond acceptors (Lipinski definition) is 3. The molecule has 0 aromatic heterocycles. The van der Waals surface area contributed by atoms with Gasteiger partial charge in [0.2, 0.25) is 10.0 Å². The highest BCUT2D eigenvalue weighted by molar-refractivity contribution is 7.88. The molecular formula is C20H25ClN2O2S. The minimum Gasteiger partial charge on any atom is -0.291 e. The summed E-state index contributed by atoms with van der Waals surface area (Å²) >= 11 is 5.89. The van der Waals surface area contributed by atoms with Crippen molar-refractivity contribution in [3.05, 3.63) is 70.7 Å². The molecule has 1 fully saturated rings. The van der Waals surface area contributed by atoms with Crippen LogP contribution in [0.1, 0.15) is 25.0 Å². The van der Waals surface area contributed by atoms with Crippen LogP contribution < -0.4 is 0 Å². The van der Waals surface area contributed by atoms with Gasteiger partial charge in [-0.1, -0.05) is 54.1 Å². The highest BCUT2D eigenvalue weighted by atomic mass is 35.5. The van der Waals surface area contributed by atoms with Crippen molar-refractivity contribution in [2.45, 2.75) is 38.2 Å². The smallest absolute Gasteiger partial charge is 0.218 e. The lowest BCUT2D eigenvalue weighted by Gasteiger charge is -2.43. The van der Waals surface area contributed by atoms with Crippen molar-refractivity contribution in [3.8, 4) is 0 Å². The summed E-state index contributed by atoms with van der Waals surface area (Å²) in [4.78, 5) is 2.38. The Balaban J connectivity index is 1.68. The van der Waals surface area contributed by atoms with Crippen LogP contribution in [0.4, 0.5) is 0 Å². The van der Waals surface area contributed by atoms with Gasteiger partial charge in [-0.05, 0) is 37.1 Å². The molecule has 4 nitrogen and oxygen atoms in total. The molecule has 0 saturated carbocycles. The second-order valence-electron chi connectivity index (χ2n) is 7.06. The predicted molar refractivity (Wildman–Crippen MR) is 107 cm³/mol. The summed E-state index contributed by atoms with van der Waals surface area (Å²) in [5.41, 5.74) is 2.02. The van der Waals surface area contributed by atoms with E-state index >= 15 is 0 Å². The van der Waals surface area contributed by atoms with Gasteiger partial charge in [-0.2, -0.15) is 4.31 Å². The molecule has 2 atom stereocenters. The van der Waals surface area contributed by atoms with Crippen molar-refractivity contribution < 1.29 is 8.42 Å². The van der Waals surface area contributed by atoms with Gasteiger partial charge in [0.05, 0.1) is 5.75 Å². The third kappa shape index (κ3) is 4.65. The van der Waals surface area contributed by atoms with E-state index in [-0.39, 0.29) is 17.8 Å². The van der Waals surface area contributed by atoms with Crippen molar-refractivity contribution >= 4 is 21.6 Å². The molecular weight excluding hydrogens is 368 g/mol. The third-order valence-electron chi connectivity index (χ3n) is 4.93. The lowest BCUT2D eigenvalue weighted by atomic mass is 10.1. The Morgan fingerprint density at radius 2 is 1.50 bits per heavy atom. The van der Waals surface area contributed by atoms with Crippen LogP contribution in [0.3, 0.4) is 0 Å². The molecule has 0 N–H and O–H groups in total. The molecule has 2 aromatic rings. The van der Waals surface area contributed by atoms with Crippen LogP contribution in [0.2, 0.25) is 5.02 Å². The topological polar surface area (TPSA) is 40.6 Å². The number of piperazine rings is 1. The van der Waals surface area contributed by atoms with E-state index in [1.165, 1.54) is 5.56 Å². The molecule has 2 unspecified atom stereocenters. The molecule has 1 aliphatic rings. The first-order chi connectivity index (χ1) is 12.3. The van der Waals surface area contributed by atoms with E-state index in [0.717, 1.165) is 12.1 Å². The summed E-state index contributed by atoms with van der Waals surface area (Å²) < 4.78 is 27.4. The Kier molecular flexibility index (Phi) is 6.03. The first-order valence-corrected chi connectivity index (χ1v) is 10.9. The van der Waals surface area contributed by atoms with E-state index < -0.39 is 10.0 Å². The Bertz CT molecular complexity index is 813. The summed E-state index contributed by atoms with van der Waals surface area (Å²) in [5.74, 6) is 0.0162. The Hall–Kier alpha value is -1.40. The number of benzene rings is 2. The SMILES string of the molecule is CC1CN(S(=O)(=O)Cc2ccc(Cl)cc2)CC(C)N1Cc1ccccc1. The van der Waals surface area contributed by atoms with Gasteiger partial charge < -0.3 is 0 Å². The molecule has 6 heteroatoms. The van der Waals surface area contributed by atoms with Gasteiger partial charge in [-0.15, -0.1) is 0 Å². The quantitative estimate of drug-likeness (QED) is 0.777. The van der Waals surface area contributed by atoms with Crippen LogP contribution in [0.25, 0.3) is 0 Å². The fourth-order valence-corrected chi connectivity index (χ4v) is 5.33. The van der Waals surface area contributed by atoms with Crippen LogP contribution in [0.5, 0.6) is 0 Å². The van der Waals surface area contributed by atoms with Gasteiger partial charge in [0.15, 0.2) is 0 Å². The van der Waals surface area contributed by atoms with Crippen molar-refractivity contribution in [3.63, 3.8) is 0 Å². The average molecular weight is 393 g/mol. The van der Waals surface area contributed by atoms with Crippen molar-refractivity contribution in [2.75, 3.05) is 13.1 Å². The molecule has 0 bridgehead atoms. The minimum atomic E-state index is -3.35. The lowest BCUT2D eigenvalue weighted by molar-refractivity contribution is 0.0698. The lowest BCUT2D eigenvalue weighted by Crippen LogP contribution is -2.57. The Morgan fingerprint density at radius 3 is 2.08 bits per heavy atom. The van der Waals surface area contributed by atoms with Crippen molar-refractivity contribution in [1.29, 1.82) is 0 Å². The van der Waals surface area contributed by atoms with E-state index in [2.05, 4.69) is 30.9 Å². The zero-order chi connectivity index (χ0) is 18.7. The number of nitrogens with zero attached hydrogens (tertiary/aromatic N) is 2. The van der Waals surface area contributed by atoms with Crippen LogP contribution in [0, 0.1) is 0 Å². The van der Waals surface area contributed by atoms with E-state index in [0.29, 0.717) is 18.1 Å². The number of sulfonamides is 1. The Labute approximate surface area is 161 Å². The van der Waals surface area contributed by atoms with Gasteiger partial charge in [0.25, 0.3) is 0 Å². The number of halogens is 1. The van der Waals surface area contributed by atoms with Crippen LogP contribution in [0.15, 0.2) is 54.6 Å². The minimum absolute atomic E-state index is 0.0162. The second-order valence-corrected chi connectivity index (χ2v) is 9.46. The normalized spacial score (nSPS) is 22.4. The summed E-state index contributed by atoms with van der Waals surface area (Å²) in [7, 11) is -3.35. The van der Waals surface area contributed by atoms with Gasteiger partial charge >= 0.3 is 0 Å². The first-order valence-electron chi connectivity index (χ1n) is 8.87. The maximum Gasteiger partial charge on any atom is 0.218 e. The Morgan fingerprint density at radius 1 is 0.923 bits per heavy atom. The second kappa shape index (κ2) is 8.09. The standard InChI is InChI=1S/C20H25ClN2O2S/c1-16-12-22(26(24,25)15-19-8-10-20(21)11-9-19)13-17(2)23(16)14-18-6-4-3-5-7-18/h3-11,16-17H,12-15H2,1-2H3. The van der Waals surface area contributed by atoms with Gasteiger partial charge in [0.1, 0.15) is 0 Å². The van der Waals surface area contributed by atoms with E-state index in [1.807, 2.05) is 18.2 Å². The zero-order valence-electron chi connectivity index (χ0n) is 15.2. The van der Waals surface area contributed by atoms with Gasteiger partial charge in [-0.3, -0.25) is 4.90 Å². The fraction of sp³-hybridized carbons (Fsp3) is 0.400. The molecule has 0 spiro atoms. The summed E-state index contributed by atoms with van der Waals surface area (Å²) in [5, 5.41) is 0.614. The molecule has 140 valence electrons. The zero-order valence-corrected chi connectivity index (χ0v) is 16.7. The van der Waals surface area contributed by atoms with Crippen molar-refractivity contribution in [2.24, 2.45) is 0 Å². The average Bonchev–Trinajstić information content (AvgIpc) is 2.60. The largest absolute Gasteiger partial charge is 0.291 e. The van der Waals surface area contributed by atoms with E-state index in [4.69, 9.17) is 11.6 Å². The molecule has 0 amide bonds. The third-order valence-corrected chi connectivity index (χ3v) is 6.97. The molecule has 0 radical (unpaired) electrons. The van der Waals surface area contributed by atoms with Gasteiger partial charge in [0, 0.05) is 36.7 Å². The monoisotopic (exact) mass is 392 g/mol. The fourth-order valence-electron chi connectivity index (χ4n) is 3.52. The molecule has 2 aromatic carbocycles. The maximum absolute atomic E-state index is 12.9. The van der Waals surface area contributed by atoms with Gasteiger partial charge in [-0.25, -0.2) is 8.42 Å². The number of rotatable bonds is 5. The maximum atomic E-state index is 12.9. The van der Waals surface area contributed by atoms with Crippen molar-refractivity contribution in [1.82, 2.24) is 9.21 Å². The summed E-state index contributed by atoms with van der Waals surface area (Å²) in [6, 6.07) is 17.7. The van der Waals surface area contributed by atoms with Crippen LogP contribution >= 0.6 is 11.6 Å². The highest BCUT2D eigenvalue weighted by Gasteiger charge is 2.35. The molecule has 1 saturated heterocycles. The highest BCUT2D eigenvalue weighted by Crippen LogP contribution is 2.23. The predicted octanol–water partition coefficient (Wildman–Crippen LogP) is 3.76. The first kappa shape index (κ1) is 19.4. The molecule has 1 heterocycles. The number of hydrogen-bond donors (Lipinski definition) is 0. The molecule has 0 aliphatic carbocycles. The van der Waals surface area contributed by atoms with Crippen LogP contribution in [-0.4, -0.2) is 42.8 Å². The summed E-state index contributed by atoms with van der Waals surface area (Å²) in [6.45, 7) is 6.08. The molecule has 26 heavy (non-hydrogen) atoms. The molecule has 3 rings (SSSR count). The summed E-state index contributed by atoms with van der Waals surface area (Å²) in [6.07, 6.45) is 0. The van der Waals surface area contributed by atoms with E-state index in [9.17, 15) is 8.42 Å². The van der Waals surface area contributed by atoms with E-state index in [1.54, 1.807) is 28.6 Å². The molecule has 1 aliphatic heterocycles. The van der Waals surface area contributed by atoms with Crippen LogP contribution in [-0.2, 0) is 22.3 Å².